The van der Waals surface area contributed by atoms with Crippen molar-refractivity contribution in [3.05, 3.63) is 71.1 Å². The molecule has 0 unspecified atom stereocenters. The molecule has 0 bridgehead atoms. The third-order valence-electron chi connectivity index (χ3n) is 4.75. The summed E-state index contributed by atoms with van der Waals surface area (Å²) in [5.41, 5.74) is 5.49. The number of nitrogens with zero attached hydrogens (tertiary/aromatic N) is 2. The zero-order valence-corrected chi connectivity index (χ0v) is 15.5. The number of hydrogen-bond donors (Lipinski definition) is 0. The van der Waals surface area contributed by atoms with Gasteiger partial charge in [-0.1, -0.05) is 41.6 Å². The van der Waals surface area contributed by atoms with Gasteiger partial charge in [0.25, 0.3) is 0 Å². The summed E-state index contributed by atoms with van der Waals surface area (Å²) >= 11 is 0. The van der Waals surface area contributed by atoms with Crippen molar-refractivity contribution in [1.82, 2.24) is 5.16 Å². The predicted molar refractivity (Wildman–Crippen MR) is 103 cm³/mol. The second-order valence-electron chi connectivity index (χ2n) is 6.68. The van der Waals surface area contributed by atoms with E-state index in [-0.39, 0.29) is 12.2 Å². The van der Waals surface area contributed by atoms with E-state index >= 15 is 0 Å². The first kappa shape index (κ1) is 17.2. The number of fused-ring (bicyclic) bond motifs is 3. The Morgan fingerprint density at radius 1 is 1.15 bits per heavy atom. The second-order valence-corrected chi connectivity index (χ2v) is 6.68. The van der Waals surface area contributed by atoms with Crippen LogP contribution >= 0.6 is 0 Å². The highest BCUT2D eigenvalue weighted by Crippen LogP contribution is 2.40. The lowest BCUT2D eigenvalue weighted by Gasteiger charge is -2.12. The van der Waals surface area contributed by atoms with Crippen molar-refractivity contribution in [2.75, 3.05) is 7.11 Å². The first-order valence-corrected chi connectivity index (χ1v) is 8.86. The molecule has 1 aliphatic rings. The van der Waals surface area contributed by atoms with E-state index in [1.807, 2.05) is 55.5 Å². The molecule has 3 aromatic rings. The molecule has 136 valence electrons. The quantitative estimate of drug-likeness (QED) is 0.686. The van der Waals surface area contributed by atoms with Crippen molar-refractivity contribution in [2.24, 2.45) is 4.99 Å². The average molecular weight is 360 g/mol. The van der Waals surface area contributed by atoms with Gasteiger partial charge < -0.3 is 9.26 Å². The van der Waals surface area contributed by atoms with Crippen molar-refractivity contribution in [3.63, 3.8) is 0 Å². The number of ketones is 1. The molecule has 0 saturated carbocycles. The van der Waals surface area contributed by atoms with E-state index in [0.29, 0.717) is 5.76 Å². The van der Waals surface area contributed by atoms with E-state index in [2.05, 4.69) is 5.16 Å². The molecule has 0 saturated heterocycles. The third kappa shape index (κ3) is 3.05. The third-order valence-corrected chi connectivity index (χ3v) is 4.75. The highest BCUT2D eigenvalue weighted by molar-refractivity contribution is 6.17. The molecular weight excluding hydrogens is 340 g/mol. The molecule has 4 rings (SSSR count). The van der Waals surface area contributed by atoms with Crippen molar-refractivity contribution in [1.29, 1.82) is 0 Å². The number of carbonyl (C=O) groups is 1. The fourth-order valence-corrected chi connectivity index (χ4v) is 3.54. The van der Waals surface area contributed by atoms with Crippen LogP contribution < -0.4 is 4.74 Å². The van der Waals surface area contributed by atoms with Crippen LogP contribution in [0.2, 0.25) is 0 Å². The van der Waals surface area contributed by atoms with Crippen LogP contribution in [0, 0.1) is 6.92 Å². The zero-order chi connectivity index (χ0) is 19.0. The Balaban J connectivity index is 1.99. The van der Waals surface area contributed by atoms with Crippen LogP contribution in [0.1, 0.15) is 42.0 Å². The topological polar surface area (TPSA) is 64.7 Å². The lowest BCUT2D eigenvalue weighted by Crippen LogP contribution is -2.08. The minimum atomic E-state index is -0.410. The maximum Gasteiger partial charge on any atom is 0.169 e. The largest absolute Gasteiger partial charge is 0.497 e. The van der Waals surface area contributed by atoms with Gasteiger partial charge in [-0.05, 0) is 31.5 Å². The van der Waals surface area contributed by atoms with Gasteiger partial charge in [0, 0.05) is 17.5 Å². The van der Waals surface area contributed by atoms with Crippen LogP contribution in [0.25, 0.3) is 11.1 Å². The lowest BCUT2D eigenvalue weighted by molar-refractivity contribution is -0.117. The van der Waals surface area contributed by atoms with Crippen LogP contribution in [0.5, 0.6) is 5.75 Å². The molecule has 27 heavy (non-hydrogen) atoms. The van der Waals surface area contributed by atoms with E-state index in [0.717, 1.165) is 39.4 Å². The molecule has 0 aliphatic carbocycles. The smallest absolute Gasteiger partial charge is 0.169 e. The fourth-order valence-electron chi connectivity index (χ4n) is 3.54. The number of hydrogen-bond acceptors (Lipinski definition) is 5. The Morgan fingerprint density at radius 2 is 1.93 bits per heavy atom. The fraction of sp³-hybridized carbons (Fsp3) is 0.227. The Kier molecular flexibility index (Phi) is 4.36. The molecule has 0 fully saturated rings. The minimum Gasteiger partial charge on any atom is -0.497 e. The van der Waals surface area contributed by atoms with Gasteiger partial charge in [-0.2, -0.15) is 0 Å². The molecule has 0 N–H and O–H groups in total. The Bertz CT molecular complexity index is 1050. The highest BCUT2D eigenvalue weighted by Gasteiger charge is 2.30. The minimum absolute atomic E-state index is 0.0553. The van der Waals surface area contributed by atoms with Crippen LogP contribution in [0.3, 0.4) is 0 Å². The van der Waals surface area contributed by atoms with Crippen LogP contribution in [-0.2, 0) is 4.79 Å². The Hall–Kier alpha value is -3.21. The molecule has 5 heteroatoms. The summed E-state index contributed by atoms with van der Waals surface area (Å²) in [7, 11) is 1.64. The van der Waals surface area contributed by atoms with Gasteiger partial charge in [-0.15, -0.1) is 0 Å². The monoisotopic (exact) mass is 360 g/mol. The summed E-state index contributed by atoms with van der Waals surface area (Å²) < 4.78 is 11.0. The Morgan fingerprint density at radius 3 is 2.67 bits per heavy atom. The SMILES string of the molecule is COc1cccc(C2=N[C@@H](CC(C)=O)c3onc(C)c3-c3ccccc32)c1. The number of aromatic nitrogens is 1. The normalized spacial score (nSPS) is 15.4. The molecule has 5 nitrogen and oxygen atoms in total. The zero-order valence-electron chi connectivity index (χ0n) is 15.5. The maximum absolute atomic E-state index is 11.9. The maximum atomic E-state index is 11.9. The number of aliphatic imine (C=N–C) groups is 1. The van der Waals surface area contributed by atoms with Crippen LogP contribution in [0.4, 0.5) is 0 Å². The number of methoxy groups -OCH3 is 1. The summed E-state index contributed by atoms with van der Waals surface area (Å²) in [6.45, 7) is 3.49. The molecule has 0 radical (unpaired) electrons. The number of rotatable bonds is 4. The average Bonchev–Trinajstić information content (AvgIpc) is 2.99. The van der Waals surface area contributed by atoms with E-state index < -0.39 is 6.04 Å². The molecule has 1 aliphatic heterocycles. The first-order valence-electron chi connectivity index (χ1n) is 8.86. The van der Waals surface area contributed by atoms with E-state index in [1.165, 1.54) is 0 Å². The van der Waals surface area contributed by atoms with Gasteiger partial charge in [0.05, 0.1) is 24.1 Å². The van der Waals surface area contributed by atoms with Gasteiger partial charge in [-0.3, -0.25) is 9.79 Å². The molecular formula is C22H20N2O3. The number of benzene rings is 2. The summed E-state index contributed by atoms with van der Waals surface area (Å²) in [5.74, 6) is 1.46. The van der Waals surface area contributed by atoms with Gasteiger partial charge in [-0.25, -0.2) is 0 Å². The van der Waals surface area contributed by atoms with E-state index in [9.17, 15) is 4.79 Å². The second kappa shape index (κ2) is 6.83. The van der Waals surface area contributed by atoms with E-state index in [1.54, 1.807) is 14.0 Å². The highest BCUT2D eigenvalue weighted by atomic mass is 16.5. The van der Waals surface area contributed by atoms with Gasteiger partial charge in [0.1, 0.15) is 17.6 Å². The summed E-state index contributed by atoms with van der Waals surface area (Å²) in [6.07, 6.45) is 0.267. The van der Waals surface area contributed by atoms with Crippen LogP contribution in [-0.4, -0.2) is 23.8 Å². The first-order chi connectivity index (χ1) is 13.1. The van der Waals surface area contributed by atoms with E-state index in [4.69, 9.17) is 14.3 Å². The van der Waals surface area contributed by atoms with Crippen molar-refractivity contribution < 1.29 is 14.1 Å². The number of aryl methyl sites for hydroxylation is 1. The molecule has 1 aromatic heterocycles. The summed E-state index contributed by atoms with van der Waals surface area (Å²) in [6, 6.07) is 15.5. The number of Topliss-reactive ketones (excluding diaryl/α,β-unsaturated/α-hetero) is 1. The van der Waals surface area contributed by atoms with Crippen molar-refractivity contribution in [2.45, 2.75) is 26.3 Å². The lowest BCUT2D eigenvalue weighted by atomic mass is 9.93. The van der Waals surface area contributed by atoms with Crippen molar-refractivity contribution >= 4 is 11.5 Å². The molecule has 2 aromatic carbocycles. The molecule has 1 atom stereocenters. The molecule has 0 amide bonds. The Labute approximate surface area is 157 Å². The molecule has 0 spiro atoms. The van der Waals surface area contributed by atoms with Gasteiger partial charge in [0.2, 0.25) is 0 Å². The molecule has 2 heterocycles. The predicted octanol–water partition coefficient (Wildman–Crippen LogP) is 4.53. The summed E-state index contributed by atoms with van der Waals surface area (Å²) in [5, 5.41) is 4.15. The standard InChI is InChI=1S/C22H20N2O3/c1-13(25)11-19-22-20(14(2)24-27-22)17-9-4-5-10-18(17)21(23-19)15-7-6-8-16(12-15)26-3/h4-10,12,19H,11H2,1-3H3/t19-/m0/s1. The van der Waals surface area contributed by atoms with Gasteiger partial charge in [0.15, 0.2) is 5.76 Å². The number of carbonyl (C=O) groups excluding carboxylic acids is 1. The van der Waals surface area contributed by atoms with Crippen molar-refractivity contribution in [3.8, 4) is 16.9 Å². The number of ether oxygens (including phenoxy) is 1. The van der Waals surface area contributed by atoms with Crippen LogP contribution in [0.15, 0.2) is 58.0 Å². The summed E-state index contributed by atoms with van der Waals surface area (Å²) in [4.78, 5) is 16.9. The van der Waals surface area contributed by atoms with Gasteiger partial charge >= 0.3 is 0 Å².